The lowest BCUT2D eigenvalue weighted by molar-refractivity contribution is 0.457. The summed E-state index contributed by atoms with van der Waals surface area (Å²) in [6.07, 6.45) is 4.26. The molecule has 13 heavy (non-hydrogen) atoms. The van der Waals surface area contributed by atoms with E-state index < -0.39 is 0 Å². The van der Waals surface area contributed by atoms with Crippen LogP contribution in [0.25, 0.3) is 0 Å². The molecule has 1 fully saturated rings. The van der Waals surface area contributed by atoms with E-state index in [1.165, 1.54) is 0 Å². The molecule has 1 N–H and O–H groups in total. The fourth-order valence-corrected chi connectivity index (χ4v) is 2.27. The summed E-state index contributed by atoms with van der Waals surface area (Å²) in [5, 5.41) is 3.47. The summed E-state index contributed by atoms with van der Waals surface area (Å²) in [4.78, 5) is 0. The van der Waals surface area contributed by atoms with Gasteiger partial charge in [-0.2, -0.15) is 0 Å². The fraction of sp³-hybridized carbons (Fsp3) is 0.833. The quantitative estimate of drug-likeness (QED) is 0.519. The second kappa shape index (κ2) is 3.45. The van der Waals surface area contributed by atoms with E-state index in [9.17, 15) is 0 Å². The molecule has 1 heteroatoms. The Hall–Kier alpha value is -0.300. The molecular weight excluding hydrogens is 158 g/mol. The minimum Gasteiger partial charge on any atom is -0.313 e. The molecule has 0 radical (unpaired) electrons. The lowest BCUT2D eigenvalue weighted by Crippen LogP contribution is -2.19. The first kappa shape index (κ1) is 10.8. The van der Waals surface area contributed by atoms with Gasteiger partial charge in [-0.15, -0.1) is 0 Å². The summed E-state index contributed by atoms with van der Waals surface area (Å²) in [6.45, 7) is 13.7. The highest BCUT2D eigenvalue weighted by atomic mass is 14.9. The van der Waals surface area contributed by atoms with E-state index in [2.05, 4.69) is 52.1 Å². The molecular formula is C12H23N. The zero-order valence-corrected chi connectivity index (χ0v) is 9.65. The Morgan fingerprint density at radius 3 is 2.08 bits per heavy atom. The average Bonchev–Trinajstić information content (AvgIpc) is 2.39. The van der Waals surface area contributed by atoms with Crippen molar-refractivity contribution >= 4 is 0 Å². The Morgan fingerprint density at radius 1 is 1.15 bits per heavy atom. The van der Waals surface area contributed by atoms with Crippen molar-refractivity contribution < 1.29 is 0 Å². The van der Waals surface area contributed by atoms with Crippen LogP contribution in [0.3, 0.4) is 0 Å². The molecule has 1 rings (SSSR count). The van der Waals surface area contributed by atoms with Crippen LogP contribution in [-0.4, -0.2) is 13.1 Å². The second-order valence-corrected chi connectivity index (χ2v) is 5.22. The minimum absolute atomic E-state index is 0.524. The van der Waals surface area contributed by atoms with Gasteiger partial charge in [-0.05, 0) is 30.2 Å². The van der Waals surface area contributed by atoms with Crippen molar-refractivity contribution in [3.8, 4) is 0 Å². The van der Waals surface area contributed by atoms with Gasteiger partial charge in [0, 0.05) is 6.54 Å². The van der Waals surface area contributed by atoms with Gasteiger partial charge in [-0.3, -0.25) is 0 Å². The lowest BCUT2D eigenvalue weighted by atomic mass is 10.0. The minimum atomic E-state index is 0.524. The first-order valence-corrected chi connectivity index (χ1v) is 5.26. The van der Waals surface area contributed by atoms with Crippen LogP contribution in [0.4, 0.5) is 0 Å². The third kappa shape index (κ3) is 1.80. The third-order valence-electron chi connectivity index (χ3n) is 4.17. The highest BCUT2D eigenvalue weighted by molar-refractivity contribution is 5.12. The Balaban J connectivity index is 2.26. The largest absolute Gasteiger partial charge is 0.313 e. The summed E-state index contributed by atoms with van der Waals surface area (Å²) in [7, 11) is 0. The zero-order valence-electron chi connectivity index (χ0n) is 9.65. The molecule has 0 atom stereocenters. The Morgan fingerprint density at radius 2 is 1.69 bits per heavy atom. The highest BCUT2D eigenvalue weighted by Gasteiger charge is 2.63. The van der Waals surface area contributed by atoms with E-state index in [0.717, 1.165) is 19.0 Å². The van der Waals surface area contributed by atoms with E-state index in [0.29, 0.717) is 10.8 Å². The van der Waals surface area contributed by atoms with Gasteiger partial charge in [0.15, 0.2) is 0 Å². The number of hydrogen-bond acceptors (Lipinski definition) is 1. The van der Waals surface area contributed by atoms with Gasteiger partial charge in [-0.25, -0.2) is 0 Å². The fourth-order valence-electron chi connectivity index (χ4n) is 2.27. The summed E-state index contributed by atoms with van der Waals surface area (Å²) >= 11 is 0. The topological polar surface area (TPSA) is 12.0 Å². The van der Waals surface area contributed by atoms with Crippen molar-refractivity contribution in [3.05, 3.63) is 12.2 Å². The number of hydrogen-bond donors (Lipinski definition) is 1. The predicted octanol–water partition coefficient (Wildman–Crippen LogP) is 2.83. The Bertz CT molecular complexity index is 187. The van der Waals surface area contributed by atoms with Crippen LogP contribution in [0, 0.1) is 16.7 Å². The van der Waals surface area contributed by atoms with Crippen molar-refractivity contribution in [2.75, 3.05) is 13.1 Å². The zero-order chi connectivity index (χ0) is 10.1. The van der Waals surface area contributed by atoms with Crippen LogP contribution in [0.15, 0.2) is 12.2 Å². The van der Waals surface area contributed by atoms with Crippen LogP contribution in [0.1, 0.15) is 34.6 Å². The van der Waals surface area contributed by atoms with E-state index in [1.54, 1.807) is 0 Å². The summed E-state index contributed by atoms with van der Waals surface area (Å²) in [6, 6.07) is 0. The van der Waals surface area contributed by atoms with Gasteiger partial charge < -0.3 is 5.32 Å². The van der Waals surface area contributed by atoms with Crippen LogP contribution in [0.2, 0.25) is 0 Å². The molecule has 1 nitrogen and oxygen atoms in total. The molecule has 1 aliphatic rings. The maximum atomic E-state index is 3.47. The number of rotatable bonds is 4. The predicted molar refractivity (Wildman–Crippen MR) is 58.7 cm³/mol. The van der Waals surface area contributed by atoms with E-state index in [1.807, 2.05) is 0 Å². The highest BCUT2D eigenvalue weighted by Crippen LogP contribution is 2.67. The van der Waals surface area contributed by atoms with Crippen LogP contribution < -0.4 is 5.32 Å². The summed E-state index contributed by atoms with van der Waals surface area (Å²) in [5.41, 5.74) is 1.05. The average molecular weight is 181 g/mol. The van der Waals surface area contributed by atoms with Gasteiger partial charge >= 0.3 is 0 Å². The SMILES string of the molecule is C/C=C/CNCC1C(C)(C)C1(C)C. The van der Waals surface area contributed by atoms with Crippen molar-refractivity contribution in [2.24, 2.45) is 16.7 Å². The van der Waals surface area contributed by atoms with Crippen LogP contribution >= 0.6 is 0 Å². The molecule has 0 aromatic heterocycles. The van der Waals surface area contributed by atoms with Crippen LogP contribution in [0.5, 0.6) is 0 Å². The summed E-state index contributed by atoms with van der Waals surface area (Å²) in [5.74, 6) is 0.838. The molecule has 76 valence electrons. The first-order chi connectivity index (χ1) is 5.94. The van der Waals surface area contributed by atoms with E-state index in [4.69, 9.17) is 0 Å². The molecule has 0 unspecified atom stereocenters. The van der Waals surface area contributed by atoms with Crippen molar-refractivity contribution in [2.45, 2.75) is 34.6 Å². The maximum absolute atomic E-state index is 3.47. The normalized spacial score (nSPS) is 25.3. The molecule has 0 bridgehead atoms. The van der Waals surface area contributed by atoms with E-state index in [-0.39, 0.29) is 0 Å². The second-order valence-electron chi connectivity index (χ2n) is 5.22. The molecule has 0 aliphatic heterocycles. The van der Waals surface area contributed by atoms with Gasteiger partial charge in [0.05, 0.1) is 0 Å². The number of allylic oxidation sites excluding steroid dienone is 1. The van der Waals surface area contributed by atoms with Crippen molar-refractivity contribution in [1.29, 1.82) is 0 Å². The van der Waals surface area contributed by atoms with Gasteiger partial charge in [0.1, 0.15) is 0 Å². The number of nitrogens with one attached hydrogen (secondary N) is 1. The standard InChI is InChI=1S/C12H23N/c1-6-7-8-13-9-10-11(2,3)12(10,4)5/h6-7,10,13H,8-9H2,1-5H3/b7-6+. The molecule has 0 aromatic rings. The molecule has 0 heterocycles. The third-order valence-corrected chi connectivity index (χ3v) is 4.17. The molecule has 0 spiro atoms. The Kier molecular flexibility index (Phi) is 2.86. The van der Waals surface area contributed by atoms with Crippen molar-refractivity contribution in [1.82, 2.24) is 5.32 Å². The van der Waals surface area contributed by atoms with Crippen LogP contribution in [-0.2, 0) is 0 Å². The molecule has 0 aromatic carbocycles. The van der Waals surface area contributed by atoms with Gasteiger partial charge in [0.2, 0.25) is 0 Å². The molecule has 0 amide bonds. The van der Waals surface area contributed by atoms with Crippen molar-refractivity contribution in [3.63, 3.8) is 0 Å². The first-order valence-electron chi connectivity index (χ1n) is 5.26. The van der Waals surface area contributed by atoms with Gasteiger partial charge in [0.25, 0.3) is 0 Å². The molecule has 0 saturated heterocycles. The smallest absolute Gasteiger partial charge is 0.0134 e. The summed E-state index contributed by atoms with van der Waals surface area (Å²) < 4.78 is 0. The van der Waals surface area contributed by atoms with Gasteiger partial charge in [-0.1, -0.05) is 39.8 Å². The lowest BCUT2D eigenvalue weighted by Gasteiger charge is -2.04. The molecule has 1 aliphatic carbocycles. The Labute approximate surface area is 82.6 Å². The monoisotopic (exact) mass is 181 g/mol. The molecule has 1 saturated carbocycles. The maximum Gasteiger partial charge on any atom is 0.0134 e. The van der Waals surface area contributed by atoms with E-state index >= 15 is 0 Å².